The maximum atomic E-state index is 6.36. The molecule has 1 saturated carbocycles. The van der Waals surface area contributed by atoms with Gasteiger partial charge in [0, 0.05) is 53.4 Å². The summed E-state index contributed by atoms with van der Waals surface area (Å²) < 4.78 is 2.26. The molecule has 4 aromatic rings. The van der Waals surface area contributed by atoms with Gasteiger partial charge in [-0.1, -0.05) is 30.9 Å². The number of rotatable bonds is 4. The Labute approximate surface area is 209 Å². The van der Waals surface area contributed by atoms with Gasteiger partial charge in [0.15, 0.2) is 5.65 Å². The molecule has 0 spiro atoms. The molecule has 1 aliphatic carbocycles. The number of fused-ring (bicyclic) bond motifs is 3. The standard InChI is InChI=1S/C26H31ClN6S/c1-17-10-13-34-23(17)16-31-11-12-32(15-18(31)2)26-28-22-14-20(27)8-9-21(22)25-30-29-24(33(25)26)19-6-4-3-5-7-19/h8-10,13-14,18-19H,3-7,11-12,15-16H2,1-2H3. The van der Waals surface area contributed by atoms with Crippen LogP contribution in [-0.4, -0.2) is 50.2 Å². The summed E-state index contributed by atoms with van der Waals surface area (Å²) in [5, 5.41) is 13.4. The molecular weight excluding hydrogens is 464 g/mol. The third-order valence-electron chi connectivity index (χ3n) is 7.64. The fraction of sp³-hybridized carbons (Fsp3) is 0.500. The molecule has 6 nitrogen and oxygen atoms in total. The van der Waals surface area contributed by atoms with Crippen molar-refractivity contribution >= 4 is 45.4 Å². The summed E-state index contributed by atoms with van der Waals surface area (Å²) in [6.45, 7) is 8.45. The van der Waals surface area contributed by atoms with Crippen LogP contribution in [0.2, 0.25) is 5.02 Å². The maximum absolute atomic E-state index is 6.36. The third-order valence-corrected chi connectivity index (χ3v) is 8.89. The third kappa shape index (κ3) is 3.97. The number of aromatic nitrogens is 4. The van der Waals surface area contributed by atoms with E-state index in [1.54, 1.807) is 0 Å². The van der Waals surface area contributed by atoms with Crippen LogP contribution in [0.1, 0.15) is 61.2 Å². The Morgan fingerprint density at radius 3 is 2.71 bits per heavy atom. The van der Waals surface area contributed by atoms with E-state index >= 15 is 0 Å². The van der Waals surface area contributed by atoms with E-state index in [4.69, 9.17) is 26.8 Å². The van der Waals surface area contributed by atoms with Gasteiger partial charge in [0.1, 0.15) is 5.82 Å². The number of piperazine rings is 1. The number of anilines is 1. The lowest BCUT2D eigenvalue weighted by Gasteiger charge is -2.40. The van der Waals surface area contributed by atoms with Crippen molar-refractivity contribution in [3.63, 3.8) is 0 Å². The largest absolute Gasteiger partial charge is 0.339 e. The second kappa shape index (κ2) is 9.10. The zero-order chi connectivity index (χ0) is 23.2. The first-order valence-corrected chi connectivity index (χ1v) is 13.7. The minimum atomic E-state index is 0.428. The highest BCUT2D eigenvalue weighted by molar-refractivity contribution is 7.10. The number of benzene rings is 1. The molecular formula is C26H31ClN6S. The van der Waals surface area contributed by atoms with Crippen molar-refractivity contribution < 1.29 is 0 Å². The van der Waals surface area contributed by atoms with Crippen molar-refractivity contribution in [1.82, 2.24) is 24.5 Å². The molecule has 0 amide bonds. The Balaban J connectivity index is 1.39. The van der Waals surface area contributed by atoms with Crippen molar-refractivity contribution in [2.24, 2.45) is 0 Å². The quantitative estimate of drug-likeness (QED) is 0.345. The topological polar surface area (TPSA) is 49.6 Å². The average Bonchev–Trinajstić information content (AvgIpc) is 3.47. The summed E-state index contributed by atoms with van der Waals surface area (Å²) in [6.07, 6.45) is 6.22. The smallest absolute Gasteiger partial charge is 0.213 e. The monoisotopic (exact) mass is 494 g/mol. The number of halogens is 1. The lowest BCUT2D eigenvalue weighted by Crippen LogP contribution is -2.52. The lowest BCUT2D eigenvalue weighted by atomic mass is 9.89. The summed E-state index contributed by atoms with van der Waals surface area (Å²) >= 11 is 8.22. The predicted molar refractivity (Wildman–Crippen MR) is 140 cm³/mol. The van der Waals surface area contributed by atoms with Crippen LogP contribution in [0.3, 0.4) is 0 Å². The Hall–Kier alpha value is -2.22. The van der Waals surface area contributed by atoms with Crippen LogP contribution in [0.15, 0.2) is 29.6 Å². The van der Waals surface area contributed by atoms with Gasteiger partial charge >= 0.3 is 0 Å². The summed E-state index contributed by atoms with van der Waals surface area (Å²) in [5.41, 5.74) is 3.19. The first-order valence-electron chi connectivity index (χ1n) is 12.4. The minimum absolute atomic E-state index is 0.428. The van der Waals surface area contributed by atoms with E-state index in [1.807, 2.05) is 29.5 Å². The zero-order valence-corrected chi connectivity index (χ0v) is 21.4. The SMILES string of the molecule is Cc1ccsc1CN1CCN(c2nc3cc(Cl)ccc3c3nnc(C4CCCCC4)n23)CC1C. The number of aryl methyl sites for hydroxylation is 1. The lowest BCUT2D eigenvalue weighted by molar-refractivity contribution is 0.181. The van der Waals surface area contributed by atoms with Crippen LogP contribution in [0.25, 0.3) is 16.6 Å². The summed E-state index contributed by atoms with van der Waals surface area (Å²) in [4.78, 5) is 11.7. The molecule has 1 aromatic carbocycles. The van der Waals surface area contributed by atoms with E-state index in [-0.39, 0.29) is 0 Å². The van der Waals surface area contributed by atoms with Crippen molar-refractivity contribution in [3.05, 3.63) is 50.9 Å². The predicted octanol–water partition coefficient (Wildman–Crippen LogP) is 6.06. The Morgan fingerprint density at radius 1 is 1.09 bits per heavy atom. The molecule has 1 atom stereocenters. The fourth-order valence-electron chi connectivity index (χ4n) is 5.61. The molecule has 2 fully saturated rings. The van der Waals surface area contributed by atoms with Gasteiger partial charge < -0.3 is 4.90 Å². The zero-order valence-electron chi connectivity index (χ0n) is 19.9. The van der Waals surface area contributed by atoms with Gasteiger partial charge in [-0.2, -0.15) is 0 Å². The molecule has 34 heavy (non-hydrogen) atoms. The molecule has 0 N–H and O–H groups in total. The van der Waals surface area contributed by atoms with Gasteiger partial charge in [0.05, 0.1) is 5.52 Å². The molecule has 6 rings (SSSR count). The molecule has 1 unspecified atom stereocenters. The minimum Gasteiger partial charge on any atom is -0.339 e. The van der Waals surface area contributed by atoms with Gasteiger partial charge in [0.2, 0.25) is 5.95 Å². The molecule has 1 aliphatic heterocycles. The maximum Gasteiger partial charge on any atom is 0.213 e. The molecule has 178 valence electrons. The summed E-state index contributed by atoms with van der Waals surface area (Å²) in [5.74, 6) is 2.50. The highest BCUT2D eigenvalue weighted by Gasteiger charge is 2.30. The van der Waals surface area contributed by atoms with Gasteiger partial charge in [-0.3, -0.25) is 4.90 Å². The van der Waals surface area contributed by atoms with Crippen LogP contribution in [0.5, 0.6) is 0 Å². The van der Waals surface area contributed by atoms with E-state index in [0.29, 0.717) is 17.0 Å². The van der Waals surface area contributed by atoms with Crippen LogP contribution >= 0.6 is 22.9 Å². The van der Waals surface area contributed by atoms with Crippen LogP contribution in [0, 0.1) is 6.92 Å². The molecule has 1 saturated heterocycles. The summed E-state index contributed by atoms with van der Waals surface area (Å²) in [7, 11) is 0. The first kappa shape index (κ1) is 22.3. The average molecular weight is 495 g/mol. The Morgan fingerprint density at radius 2 is 1.94 bits per heavy atom. The van der Waals surface area contributed by atoms with Crippen molar-refractivity contribution in [2.45, 2.75) is 64.5 Å². The van der Waals surface area contributed by atoms with E-state index in [9.17, 15) is 0 Å². The molecule has 8 heteroatoms. The molecule has 3 aromatic heterocycles. The fourth-order valence-corrected chi connectivity index (χ4v) is 6.71. The Kier molecular flexibility index (Phi) is 5.95. The van der Waals surface area contributed by atoms with E-state index < -0.39 is 0 Å². The molecule has 2 aliphatic rings. The highest BCUT2D eigenvalue weighted by atomic mass is 35.5. The highest BCUT2D eigenvalue weighted by Crippen LogP contribution is 2.35. The molecule has 0 radical (unpaired) electrons. The van der Waals surface area contributed by atoms with Crippen LogP contribution < -0.4 is 4.90 Å². The molecule has 4 heterocycles. The van der Waals surface area contributed by atoms with E-state index in [2.05, 4.69) is 39.5 Å². The number of hydrogen-bond acceptors (Lipinski definition) is 6. The second-order valence-corrected chi connectivity index (χ2v) is 11.4. The van der Waals surface area contributed by atoms with Gasteiger partial charge in [-0.15, -0.1) is 21.5 Å². The van der Waals surface area contributed by atoms with Gasteiger partial charge in [-0.05, 0) is 61.9 Å². The van der Waals surface area contributed by atoms with Gasteiger partial charge in [-0.25, -0.2) is 9.38 Å². The van der Waals surface area contributed by atoms with Gasteiger partial charge in [0.25, 0.3) is 0 Å². The second-order valence-electron chi connectivity index (χ2n) is 9.92. The summed E-state index contributed by atoms with van der Waals surface area (Å²) in [6, 6.07) is 8.56. The van der Waals surface area contributed by atoms with Crippen LogP contribution in [-0.2, 0) is 6.54 Å². The molecule has 0 bridgehead atoms. The number of hydrogen-bond donors (Lipinski definition) is 0. The van der Waals surface area contributed by atoms with Crippen molar-refractivity contribution in [3.8, 4) is 0 Å². The van der Waals surface area contributed by atoms with Crippen molar-refractivity contribution in [2.75, 3.05) is 24.5 Å². The Bertz CT molecular complexity index is 1320. The number of thiophene rings is 1. The normalized spacial score (nSPS) is 20.6. The van der Waals surface area contributed by atoms with Crippen LogP contribution in [0.4, 0.5) is 5.95 Å². The van der Waals surface area contributed by atoms with E-state index in [0.717, 1.165) is 54.5 Å². The number of nitrogens with zero attached hydrogens (tertiary/aromatic N) is 6. The first-order chi connectivity index (χ1) is 16.6. The van der Waals surface area contributed by atoms with E-state index in [1.165, 1.54) is 42.5 Å². The van der Waals surface area contributed by atoms with Crippen molar-refractivity contribution in [1.29, 1.82) is 0 Å².